The number of aliphatic hydroxyl groups is 1. The fourth-order valence-electron chi connectivity index (χ4n) is 4.06. The monoisotopic (exact) mass is 468 g/mol. The van der Waals surface area contributed by atoms with Gasteiger partial charge in [-0.3, -0.25) is 0 Å². The minimum atomic E-state index is -1.12. The Hall–Kier alpha value is -2.40. The Morgan fingerprint density at radius 2 is 1.67 bits per heavy atom. The van der Waals surface area contributed by atoms with Gasteiger partial charge in [-0.1, -0.05) is 48.0 Å². The number of aryl methyl sites for hydroxylation is 2. The van der Waals surface area contributed by atoms with Crippen LogP contribution < -0.4 is 0 Å². The van der Waals surface area contributed by atoms with Crippen LogP contribution in [0.3, 0.4) is 0 Å². The van der Waals surface area contributed by atoms with Crippen molar-refractivity contribution >= 4 is 28.3 Å². The Morgan fingerprint density at radius 3 is 2.21 bits per heavy atom. The van der Waals surface area contributed by atoms with Crippen LogP contribution in [-0.2, 0) is 16.0 Å². The largest absolute Gasteiger partial charge is 0.479 e. The van der Waals surface area contributed by atoms with E-state index in [0.717, 1.165) is 33.0 Å². The normalized spacial score (nSPS) is 13.3. The van der Waals surface area contributed by atoms with E-state index in [1.807, 2.05) is 58.0 Å². The highest BCUT2D eigenvalue weighted by Crippen LogP contribution is 2.41. The van der Waals surface area contributed by atoms with Crippen LogP contribution in [0, 0.1) is 6.92 Å². The van der Waals surface area contributed by atoms with E-state index < -0.39 is 23.3 Å². The summed E-state index contributed by atoms with van der Waals surface area (Å²) < 4.78 is 6.06. The third-order valence-electron chi connectivity index (χ3n) is 5.57. The smallest absolute Gasteiger partial charge is 0.337 e. The molecule has 0 aliphatic carbocycles. The number of ether oxygens (including phenoxy) is 1. The zero-order valence-corrected chi connectivity index (χ0v) is 21.0. The fourth-order valence-corrected chi connectivity index (χ4v) is 4.18. The van der Waals surface area contributed by atoms with Crippen molar-refractivity contribution < 1.29 is 19.7 Å². The first kappa shape index (κ1) is 25.2. The number of benzene rings is 3. The molecular formula is C28H33ClO4. The van der Waals surface area contributed by atoms with Gasteiger partial charge in [-0.2, -0.15) is 0 Å². The highest BCUT2D eigenvalue weighted by molar-refractivity contribution is 6.30. The number of carboxylic acids is 1. The van der Waals surface area contributed by atoms with E-state index in [4.69, 9.17) is 16.3 Å². The molecule has 0 saturated heterocycles. The second-order valence-electron chi connectivity index (χ2n) is 10.3. The van der Waals surface area contributed by atoms with Crippen molar-refractivity contribution in [3.63, 3.8) is 0 Å². The maximum atomic E-state index is 12.4. The van der Waals surface area contributed by atoms with Gasteiger partial charge in [0.2, 0.25) is 0 Å². The summed E-state index contributed by atoms with van der Waals surface area (Å²) in [5.74, 6) is -1.03. The van der Waals surface area contributed by atoms with E-state index in [9.17, 15) is 15.0 Å². The van der Waals surface area contributed by atoms with Gasteiger partial charge in [0, 0.05) is 10.6 Å². The van der Waals surface area contributed by atoms with Crippen molar-refractivity contribution in [3.8, 4) is 11.1 Å². The van der Waals surface area contributed by atoms with Crippen LogP contribution in [0.2, 0.25) is 5.02 Å². The molecule has 2 N–H and O–H groups in total. The summed E-state index contributed by atoms with van der Waals surface area (Å²) >= 11 is 6.16. The Bertz CT molecular complexity index is 1150. The molecule has 0 radical (unpaired) electrons. The topological polar surface area (TPSA) is 66.8 Å². The minimum absolute atomic E-state index is 0.615. The van der Waals surface area contributed by atoms with Crippen molar-refractivity contribution in [2.45, 2.75) is 71.7 Å². The third-order valence-corrected chi connectivity index (χ3v) is 5.82. The van der Waals surface area contributed by atoms with Gasteiger partial charge in [0.1, 0.15) is 0 Å². The standard InChI is InChI=1S/C28H33ClO4/c1-17-15-20-8-7-18(13-14-28(5,6)32)16-22(20)24(19-9-11-21(29)12-10-19)23(17)25(26(30)31)33-27(2,3)4/h7-12,15-16,25,32H,13-14H2,1-6H3,(H,30,31). The minimum Gasteiger partial charge on any atom is -0.479 e. The van der Waals surface area contributed by atoms with E-state index >= 15 is 0 Å². The van der Waals surface area contributed by atoms with Crippen LogP contribution in [-0.4, -0.2) is 27.4 Å². The molecule has 3 aromatic rings. The average molecular weight is 469 g/mol. The van der Waals surface area contributed by atoms with Crippen molar-refractivity contribution in [1.29, 1.82) is 0 Å². The van der Waals surface area contributed by atoms with Gasteiger partial charge in [-0.25, -0.2) is 4.79 Å². The zero-order valence-electron chi connectivity index (χ0n) is 20.2. The van der Waals surface area contributed by atoms with Crippen LogP contribution >= 0.6 is 11.6 Å². The quantitative estimate of drug-likeness (QED) is 0.387. The van der Waals surface area contributed by atoms with Crippen LogP contribution in [0.1, 0.15) is 63.8 Å². The van der Waals surface area contributed by atoms with E-state index in [1.165, 1.54) is 0 Å². The van der Waals surface area contributed by atoms with Gasteiger partial charge in [0.05, 0.1) is 11.2 Å². The third kappa shape index (κ3) is 6.35. The molecule has 0 aliphatic rings. The summed E-state index contributed by atoms with van der Waals surface area (Å²) in [4.78, 5) is 12.4. The van der Waals surface area contributed by atoms with Gasteiger partial charge in [0.15, 0.2) is 6.10 Å². The molecule has 3 aromatic carbocycles. The Balaban J connectivity index is 2.32. The lowest BCUT2D eigenvalue weighted by Crippen LogP contribution is -2.28. The van der Waals surface area contributed by atoms with Crippen molar-refractivity contribution in [1.82, 2.24) is 0 Å². The summed E-state index contributed by atoms with van der Waals surface area (Å²) in [6.07, 6.45) is 0.210. The molecule has 0 amide bonds. The van der Waals surface area contributed by atoms with Crippen molar-refractivity contribution in [2.75, 3.05) is 0 Å². The van der Waals surface area contributed by atoms with Crippen molar-refractivity contribution in [3.05, 3.63) is 70.2 Å². The molecule has 3 rings (SSSR count). The van der Waals surface area contributed by atoms with Crippen LogP contribution in [0.15, 0.2) is 48.5 Å². The molecule has 0 heterocycles. The molecular weight excluding hydrogens is 436 g/mol. The fraction of sp³-hybridized carbons (Fsp3) is 0.393. The van der Waals surface area contributed by atoms with E-state index in [-0.39, 0.29) is 0 Å². The van der Waals surface area contributed by atoms with Crippen LogP contribution in [0.25, 0.3) is 21.9 Å². The molecule has 176 valence electrons. The van der Waals surface area contributed by atoms with E-state index in [0.29, 0.717) is 23.4 Å². The number of fused-ring (bicyclic) bond motifs is 1. The molecule has 1 unspecified atom stereocenters. The van der Waals surface area contributed by atoms with Crippen LogP contribution in [0.4, 0.5) is 0 Å². The zero-order chi connectivity index (χ0) is 24.6. The predicted octanol–water partition coefficient (Wildman–Crippen LogP) is 7.11. The SMILES string of the molecule is Cc1cc2ccc(CCC(C)(C)O)cc2c(-c2ccc(Cl)cc2)c1C(OC(C)(C)C)C(=O)O. The summed E-state index contributed by atoms with van der Waals surface area (Å²) in [6, 6.07) is 15.7. The number of halogens is 1. The van der Waals surface area contributed by atoms with E-state index in [1.54, 1.807) is 13.8 Å². The van der Waals surface area contributed by atoms with Gasteiger partial charge in [-0.05, 0) is 99.5 Å². The summed E-state index contributed by atoms with van der Waals surface area (Å²) in [5.41, 5.74) is 2.89. The first-order valence-electron chi connectivity index (χ1n) is 11.2. The predicted molar refractivity (Wildman–Crippen MR) is 135 cm³/mol. The van der Waals surface area contributed by atoms with Gasteiger partial charge in [-0.15, -0.1) is 0 Å². The maximum Gasteiger partial charge on any atom is 0.337 e. The Morgan fingerprint density at radius 1 is 1.03 bits per heavy atom. The molecule has 0 spiro atoms. The molecule has 33 heavy (non-hydrogen) atoms. The molecule has 0 saturated carbocycles. The Kier molecular flexibility index (Phi) is 7.23. The molecule has 5 heteroatoms. The highest BCUT2D eigenvalue weighted by Gasteiger charge is 2.31. The second kappa shape index (κ2) is 9.46. The molecule has 0 aromatic heterocycles. The maximum absolute atomic E-state index is 12.4. The van der Waals surface area contributed by atoms with E-state index in [2.05, 4.69) is 18.2 Å². The molecule has 0 aliphatic heterocycles. The second-order valence-corrected chi connectivity index (χ2v) is 10.7. The first-order valence-corrected chi connectivity index (χ1v) is 11.6. The number of rotatable bonds is 7. The number of hydrogen-bond acceptors (Lipinski definition) is 3. The molecule has 1 atom stereocenters. The van der Waals surface area contributed by atoms with Crippen molar-refractivity contribution in [2.24, 2.45) is 0 Å². The lowest BCUT2D eigenvalue weighted by Gasteiger charge is -2.28. The number of carboxylic acid groups (broad SMARTS) is 1. The molecule has 4 nitrogen and oxygen atoms in total. The van der Waals surface area contributed by atoms with Gasteiger partial charge < -0.3 is 14.9 Å². The lowest BCUT2D eigenvalue weighted by molar-refractivity contribution is -0.160. The molecule has 0 fully saturated rings. The first-order chi connectivity index (χ1) is 15.2. The van der Waals surface area contributed by atoms with Crippen LogP contribution in [0.5, 0.6) is 0 Å². The average Bonchev–Trinajstić information content (AvgIpc) is 2.69. The molecule has 0 bridgehead atoms. The Labute approximate surface area is 201 Å². The van der Waals surface area contributed by atoms with Gasteiger partial charge >= 0.3 is 5.97 Å². The summed E-state index contributed by atoms with van der Waals surface area (Å²) in [7, 11) is 0. The number of hydrogen-bond donors (Lipinski definition) is 2. The highest BCUT2D eigenvalue weighted by atomic mass is 35.5. The lowest BCUT2D eigenvalue weighted by atomic mass is 9.86. The summed E-state index contributed by atoms with van der Waals surface area (Å²) in [5, 5.41) is 22.9. The van der Waals surface area contributed by atoms with Gasteiger partial charge in [0.25, 0.3) is 0 Å². The number of carbonyl (C=O) groups is 1. The number of aliphatic carboxylic acids is 1. The summed E-state index contributed by atoms with van der Waals surface area (Å²) in [6.45, 7) is 11.1.